The highest BCUT2D eigenvalue weighted by molar-refractivity contribution is 9.10. The summed E-state index contributed by atoms with van der Waals surface area (Å²) in [5, 5.41) is 11.7. The van der Waals surface area contributed by atoms with E-state index in [0.29, 0.717) is 37.6 Å². The van der Waals surface area contributed by atoms with Crippen LogP contribution < -0.4 is 4.74 Å². The third-order valence-corrected chi connectivity index (χ3v) is 12.6. The molecule has 0 radical (unpaired) electrons. The molecule has 2 aromatic carbocycles. The summed E-state index contributed by atoms with van der Waals surface area (Å²) in [4.78, 5) is 0. The van der Waals surface area contributed by atoms with Crippen LogP contribution in [0.25, 0.3) is 10.8 Å². The monoisotopic (exact) mass is 480 g/mol. The van der Waals surface area contributed by atoms with Crippen LogP contribution in [-0.4, -0.2) is 27.1 Å². The summed E-state index contributed by atoms with van der Waals surface area (Å²) in [6.07, 6.45) is 0. The van der Waals surface area contributed by atoms with Gasteiger partial charge >= 0.3 is 0 Å². The second-order valence-electron chi connectivity index (χ2n) is 8.29. The van der Waals surface area contributed by atoms with Gasteiger partial charge in [0, 0.05) is 18.6 Å². The van der Waals surface area contributed by atoms with Crippen LogP contribution in [0.2, 0.25) is 16.6 Å². The molecule has 0 spiro atoms. The number of methoxy groups -OCH3 is 1. The average molecular weight is 481 g/mol. The number of aromatic hydroxyl groups is 1. The molecule has 0 heterocycles. The summed E-state index contributed by atoms with van der Waals surface area (Å²) >= 11 is 3.30. The number of ether oxygens (including phenoxy) is 2. The lowest BCUT2D eigenvalue weighted by molar-refractivity contribution is 0.0511. The molecule has 2 rings (SSSR count). The molecule has 0 aliphatic heterocycles. The second-order valence-corrected chi connectivity index (χ2v) is 14.7. The molecule has 0 unspecified atom stereocenters. The Bertz CT molecular complexity index is 923. The van der Waals surface area contributed by atoms with Crippen molar-refractivity contribution in [3.8, 4) is 23.0 Å². The number of hydrogen-bond acceptors (Lipinski definition) is 3. The summed E-state index contributed by atoms with van der Waals surface area (Å²) in [5.74, 6) is 3.10. The molecule has 1 N–H and O–H groups in total. The highest BCUT2D eigenvalue weighted by atomic mass is 79.9. The van der Waals surface area contributed by atoms with E-state index in [1.54, 1.807) is 12.1 Å². The van der Waals surface area contributed by atoms with Crippen molar-refractivity contribution in [3.63, 3.8) is 0 Å². The number of rotatable bonds is 6. The fourth-order valence-corrected chi connectivity index (χ4v) is 10.0. The van der Waals surface area contributed by atoms with Crippen molar-refractivity contribution in [1.29, 1.82) is 0 Å². The zero-order valence-electron chi connectivity index (χ0n) is 18.2. The van der Waals surface area contributed by atoms with Crippen LogP contribution in [0.5, 0.6) is 11.5 Å². The van der Waals surface area contributed by atoms with Crippen molar-refractivity contribution in [2.75, 3.05) is 13.9 Å². The first-order valence-corrected chi connectivity index (χ1v) is 12.9. The van der Waals surface area contributed by atoms with Crippen LogP contribution in [-0.2, 0) is 4.74 Å². The van der Waals surface area contributed by atoms with Gasteiger partial charge in [-0.15, -0.1) is 5.54 Å². The third-order valence-electron chi connectivity index (χ3n) is 5.70. The molecule has 0 aliphatic rings. The minimum atomic E-state index is -2.05. The third kappa shape index (κ3) is 4.63. The number of phenolic OH excluding ortho intramolecular Hbond substituents is 1. The molecule has 0 aromatic heterocycles. The average Bonchev–Trinajstić information content (AvgIpc) is 2.62. The molecule has 3 nitrogen and oxygen atoms in total. The molecule has 0 amide bonds. The zero-order chi connectivity index (χ0) is 21.9. The van der Waals surface area contributed by atoms with Gasteiger partial charge in [0.15, 0.2) is 12.6 Å². The maximum atomic E-state index is 15.1. The van der Waals surface area contributed by atoms with Gasteiger partial charge in [-0.3, -0.25) is 0 Å². The lowest BCUT2D eigenvalue weighted by Crippen LogP contribution is -2.43. The maximum Gasteiger partial charge on any atom is 0.188 e. The number of hydrogen-bond donors (Lipinski definition) is 1. The van der Waals surface area contributed by atoms with E-state index in [9.17, 15) is 5.11 Å². The SMILES string of the molecule is COCOc1cc(O)c2c(C#C[Si](C(C)C)(C(C)C)C(C)C)c(F)c(Br)cc2c1. The Morgan fingerprint density at radius 2 is 1.66 bits per heavy atom. The maximum absolute atomic E-state index is 15.1. The largest absolute Gasteiger partial charge is 0.507 e. The van der Waals surface area contributed by atoms with Gasteiger partial charge in [0.05, 0.1) is 10.0 Å². The summed E-state index contributed by atoms with van der Waals surface area (Å²) in [5.41, 5.74) is 5.07. The highest BCUT2D eigenvalue weighted by Crippen LogP contribution is 2.42. The quantitative estimate of drug-likeness (QED) is 0.274. The van der Waals surface area contributed by atoms with E-state index in [0.717, 1.165) is 0 Å². The van der Waals surface area contributed by atoms with E-state index in [2.05, 4.69) is 68.9 Å². The Balaban J connectivity index is 2.76. The summed E-state index contributed by atoms with van der Waals surface area (Å²) in [6.45, 7) is 13.4. The predicted molar refractivity (Wildman–Crippen MR) is 124 cm³/mol. The number of phenols is 1. The second kappa shape index (κ2) is 9.50. The summed E-state index contributed by atoms with van der Waals surface area (Å²) in [6, 6.07) is 4.85. The lowest BCUT2D eigenvalue weighted by Gasteiger charge is -2.38. The molecule has 0 bridgehead atoms. The Morgan fingerprint density at radius 3 is 2.17 bits per heavy atom. The number of halogens is 2. The number of fused-ring (bicyclic) bond motifs is 1. The first-order chi connectivity index (χ1) is 13.6. The van der Waals surface area contributed by atoms with Crippen LogP contribution in [0.4, 0.5) is 4.39 Å². The molecule has 0 fully saturated rings. The normalized spacial score (nSPS) is 12.0. The zero-order valence-corrected chi connectivity index (χ0v) is 20.8. The van der Waals surface area contributed by atoms with Crippen molar-refractivity contribution in [1.82, 2.24) is 0 Å². The smallest absolute Gasteiger partial charge is 0.188 e. The molecule has 0 atom stereocenters. The van der Waals surface area contributed by atoms with Crippen molar-refractivity contribution < 1.29 is 19.0 Å². The van der Waals surface area contributed by atoms with Crippen LogP contribution in [0.1, 0.15) is 47.1 Å². The Kier molecular flexibility index (Phi) is 7.78. The molecule has 158 valence electrons. The van der Waals surface area contributed by atoms with Crippen LogP contribution in [0.15, 0.2) is 22.7 Å². The van der Waals surface area contributed by atoms with E-state index in [1.807, 2.05) is 0 Å². The molecule has 0 aliphatic carbocycles. The van der Waals surface area contributed by atoms with Gasteiger partial charge in [-0.2, -0.15) is 0 Å². The Hall–Kier alpha value is -1.55. The van der Waals surface area contributed by atoms with E-state index >= 15 is 4.39 Å². The fraction of sp³-hybridized carbons (Fsp3) is 0.478. The van der Waals surface area contributed by atoms with E-state index in [1.165, 1.54) is 13.2 Å². The Labute approximate surface area is 182 Å². The molecular formula is C23H30BrFO3Si. The molecule has 6 heteroatoms. The van der Waals surface area contributed by atoms with E-state index in [-0.39, 0.29) is 18.1 Å². The minimum absolute atomic E-state index is 0.0600. The lowest BCUT2D eigenvalue weighted by atomic mass is 10.0. The van der Waals surface area contributed by atoms with Crippen LogP contribution in [0.3, 0.4) is 0 Å². The van der Waals surface area contributed by atoms with Crippen molar-refractivity contribution in [2.24, 2.45) is 0 Å². The highest BCUT2D eigenvalue weighted by Gasteiger charge is 2.41. The van der Waals surface area contributed by atoms with Gasteiger partial charge in [0.1, 0.15) is 19.6 Å². The van der Waals surface area contributed by atoms with Gasteiger partial charge in [0.25, 0.3) is 0 Å². The van der Waals surface area contributed by atoms with Gasteiger partial charge in [-0.05, 0) is 50.1 Å². The van der Waals surface area contributed by atoms with Crippen LogP contribution in [0, 0.1) is 17.3 Å². The van der Waals surface area contributed by atoms with Gasteiger partial charge in [-0.1, -0.05) is 47.5 Å². The minimum Gasteiger partial charge on any atom is -0.507 e. The van der Waals surface area contributed by atoms with E-state index in [4.69, 9.17) is 9.47 Å². The fourth-order valence-electron chi connectivity index (χ4n) is 4.37. The number of benzene rings is 2. The summed E-state index contributed by atoms with van der Waals surface area (Å²) < 4.78 is 25.8. The standard InChI is InChI=1S/C23H30BrFO3Si/c1-14(2)29(15(3)4,16(5)6)9-8-19-22-17(11-20(24)23(19)25)10-18(12-21(22)26)28-13-27-7/h10-12,14-16,26H,13H2,1-7H3. The first kappa shape index (κ1) is 23.7. The molecule has 2 aromatic rings. The molecule has 0 saturated heterocycles. The predicted octanol–water partition coefficient (Wildman–Crippen LogP) is 7.00. The Morgan fingerprint density at radius 1 is 1.07 bits per heavy atom. The molecular weight excluding hydrogens is 451 g/mol. The van der Waals surface area contributed by atoms with Gasteiger partial charge in [-0.25, -0.2) is 4.39 Å². The first-order valence-electron chi connectivity index (χ1n) is 9.85. The van der Waals surface area contributed by atoms with Crippen LogP contribution >= 0.6 is 15.9 Å². The van der Waals surface area contributed by atoms with Crippen molar-refractivity contribution in [2.45, 2.75) is 58.2 Å². The van der Waals surface area contributed by atoms with Crippen molar-refractivity contribution in [3.05, 3.63) is 34.1 Å². The van der Waals surface area contributed by atoms with Gasteiger partial charge in [0.2, 0.25) is 0 Å². The molecule has 29 heavy (non-hydrogen) atoms. The van der Waals surface area contributed by atoms with Gasteiger partial charge < -0.3 is 14.6 Å². The van der Waals surface area contributed by atoms with E-state index < -0.39 is 13.9 Å². The summed E-state index contributed by atoms with van der Waals surface area (Å²) in [7, 11) is -0.527. The van der Waals surface area contributed by atoms with Crippen molar-refractivity contribution >= 4 is 34.8 Å². The topological polar surface area (TPSA) is 38.7 Å². The molecule has 0 saturated carbocycles.